The fourth-order valence-corrected chi connectivity index (χ4v) is 1.95. The molecule has 0 fully saturated rings. The van der Waals surface area contributed by atoms with Gasteiger partial charge in [-0.3, -0.25) is 0 Å². The van der Waals surface area contributed by atoms with Gasteiger partial charge in [-0.2, -0.15) is 0 Å². The number of halogens is 1. The second kappa shape index (κ2) is 4.08. The van der Waals surface area contributed by atoms with Crippen LogP contribution in [0.4, 0.5) is 4.39 Å². The van der Waals surface area contributed by atoms with Crippen molar-refractivity contribution in [1.29, 1.82) is 0 Å². The minimum absolute atomic E-state index is 0.305. The van der Waals surface area contributed by atoms with Crippen molar-refractivity contribution in [3.8, 4) is 0 Å². The SMILES string of the molecule is Cc1nc(C(O)c2ccc(F)cc2)cs1. The molecule has 0 aliphatic rings. The second-order valence-electron chi connectivity index (χ2n) is 3.25. The molecule has 0 amide bonds. The lowest BCUT2D eigenvalue weighted by Crippen LogP contribution is -1.99. The van der Waals surface area contributed by atoms with E-state index in [9.17, 15) is 9.50 Å². The summed E-state index contributed by atoms with van der Waals surface area (Å²) in [4.78, 5) is 4.18. The summed E-state index contributed by atoms with van der Waals surface area (Å²) in [6.45, 7) is 1.88. The molecule has 78 valence electrons. The molecule has 1 aromatic heterocycles. The first-order valence-electron chi connectivity index (χ1n) is 4.52. The molecule has 2 nitrogen and oxygen atoms in total. The number of aliphatic hydroxyl groups excluding tert-OH is 1. The number of aromatic nitrogens is 1. The summed E-state index contributed by atoms with van der Waals surface area (Å²) in [5.74, 6) is -0.305. The van der Waals surface area contributed by atoms with E-state index in [2.05, 4.69) is 4.98 Å². The van der Waals surface area contributed by atoms with Crippen LogP contribution in [0.5, 0.6) is 0 Å². The number of rotatable bonds is 2. The number of benzene rings is 1. The Bertz CT molecular complexity index is 452. The molecule has 0 radical (unpaired) electrons. The average molecular weight is 223 g/mol. The van der Waals surface area contributed by atoms with E-state index in [-0.39, 0.29) is 5.82 Å². The van der Waals surface area contributed by atoms with Crippen LogP contribution in [0, 0.1) is 12.7 Å². The van der Waals surface area contributed by atoms with Crippen LogP contribution in [-0.4, -0.2) is 10.1 Å². The zero-order valence-electron chi connectivity index (χ0n) is 8.14. The topological polar surface area (TPSA) is 33.1 Å². The Morgan fingerprint density at radius 2 is 2.00 bits per heavy atom. The Morgan fingerprint density at radius 1 is 1.33 bits per heavy atom. The molecule has 1 heterocycles. The molecular formula is C11H10FNOS. The summed E-state index contributed by atoms with van der Waals surface area (Å²) in [7, 11) is 0. The van der Waals surface area contributed by atoms with Crippen LogP contribution in [0.1, 0.15) is 22.4 Å². The van der Waals surface area contributed by atoms with Crippen LogP contribution in [-0.2, 0) is 0 Å². The zero-order chi connectivity index (χ0) is 10.8. The van der Waals surface area contributed by atoms with E-state index < -0.39 is 6.10 Å². The minimum Gasteiger partial charge on any atom is -0.382 e. The van der Waals surface area contributed by atoms with Gasteiger partial charge in [0.1, 0.15) is 11.9 Å². The molecule has 0 aliphatic carbocycles. The molecule has 1 atom stereocenters. The third kappa shape index (κ3) is 2.22. The average Bonchev–Trinajstić information content (AvgIpc) is 2.65. The van der Waals surface area contributed by atoms with Gasteiger partial charge in [0.25, 0.3) is 0 Å². The maximum absolute atomic E-state index is 12.7. The maximum atomic E-state index is 12.7. The molecular weight excluding hydrogens is 213 g/mol. The van der Waals surface area contributed by atoms with Crippen molar-refractivity contribution >= 4 is 11.3 Å². The lowest BCUT2D eigenvalue weighted by Gasteiger charge is -2.07. The van der Waals surface area contributed by atoms with Gasteiger partial charge in [0.05, 0.1) is 10.7 Å². The van der Waals surface area contributed by atoms with Crippen molar-refractivity contribution in [2.24, 2.45) is 0 Å². The first-order chi connectivity index (χ1) is 7.16. The summed E-state index contributed by atoms with van der Waals surface area (Å²) < 4.78 is 12.7. The normalized spacial score (nSPS) is 12.7. The second-order valence-corrected chi connectivity index (χ2v) is 4.31. The van der Waals surface area contributed by atoms with Gasteiger partial charge >= 0.3 is 0 Å². The lowest BCUT2D eigenvalue weighted by atomic mass is 10.1. The molecule has 15 heavy (non-hydrogen) atoms. The molecule has 1 N–H and O–H groups in total. The van der Waals surface area contributed by atoms with Crippen molar-refractivity contribution < 1.29 is 9.50 Å². The van der Waals surface area contributed by atoms with Gasteiger partial charge < -0.3 is 5.11 Å². The first kappa shape index (κ1) is 10.3. The van der Waals surface area contributed by atoms with Crippen LogP contribution in [0.3, 0.4) is 0 Å². The molecule has 1 aromatic carbocycles. The van der Waals surface area contributed by atoms with Crippen LogP contribution in [0.25, 0.3) is 0 Å². The van der Waals surface area contributed by atoms with Crippen molar-refractivity contribution in [2.75, 3.05) is 0 Å². The van der Waals surface area contributed by atoms with Gasteiger partial charge in [-0.05, 0) is 24.6 Å². The van der Waals surface area contributed by atoms with E-state index in [1.807, 2.05) is 12.3 Å². The quantitative estimate of drug-likeness (QED) is 0.849. The van der Waals surface area contributed by atoms with Gasteiger partial charge in [0.2, 0.25) is 0 Å². The van der Waals surface area contributed by atoms with Crippen LogP contribution in [0.2, 0.25) is 0 Å². The molecule has 2 aromatic rings. The summed E-state index contributed by atoms with van der Waals surface area (Å²) in [6, 6.07) is 5.79. The molecule has 0 saturated carbocycles. The van der Waals surface area contributed by atoms with Crippen LogP contribution >= 0.6 is 11.3 Å². The van der Waals surface area contributed by atoms with Gasteiger partial charge in [-0.25, -0.2) is 9.37 Å². The van der Waals surface area contributed by atoms with Gasteiger partial charge in [0, 0.05) is 5.38 Å². The van der Waals surface area contributed by atoms with Crippen molar-refractivity contribution in [3.63, 3.8) is 0 Å². The number of nitrogens with zero attached hydrogens (tertiary/aromatic N) is 1. The fourth-order valence-electron chi connectivity index (χ4n) is 1.32. The highest BCUT2D eigenvalue weighted by Gasteiger charge is 2.12. The number of hydrogen-bond donors (Lipinski definition) is 1. The van der Waals surface area contributed by atoms with Crippen molar-refractivity contribution in [1.82, 2.24) is 4.98 Å². The number of aliphatic hydroxyl groups is 1. The standard InChI is InChI=1S/C11H10FNOS/c1-7-13-10(6-15-7)11(14)8-2-4-9(12)5-3-8/h2-6,11,14H,1H3. The van der Waals surface area contributed by atoms with Crippen molar-refractivity contribution in [3.05, 3.63) is 51.7 Å². The summed E-state index contributed by atoms with van der Waals surface area (Å²) in [6.07, 6.45) is -0.768. The number of thiazole rings is 1. The highest BCUT2D eigenvalue weighted by molar-refractivity contribution is 7.09. The molecule has 0 spiro atoms. The molecule has 4 heteroatoms. The molecule has 0 saturated heterocycles. The van der Waals surface area contributed by atoms with Gasteiger partial charge in [-0.15, -0.1) is 11.3 Å². The largest absolute Gasteiger partial charge is 0.382 e. The summed E-state index contributed by atoms with van der Waals surface area (Å²) in [5, 5.41) is 12.6. The number of hydrogen-bond acceptors (Lipinski definition) is 3. The molecule has 1 unspecified atom stereocenters. The van der Waals surface area contributed by atoms with Crippen LogP contribution < -0.4 is 0 Å². The highest BCUT2D eigenvalue weighted by atomic mass is 32.1. The monoisotopic (exact) mass is 223 g/mol. The summed E-state index contributed by atoms with van der Waals surface area (Å²) >= 11 is 1.49. The Hall–Kier alpha value is -1.26. The number of aryl methyl sites for hydroxylation is 1. The Labute approximate surface area is 91.0 Å². The van der Waals surface area contributed by atoms with Gasteiger partial charge in [0.15, 0.2) is 0 Å². The smallest absolute Gasteiger partial charge is 0.123 e. The van der Waals surface area contributed by atoms with Crippen molar-refractivity contribution in [2.45, 2.75) is 13.0 Å². The van der Waals surface area contributed by atoms with E-state index in [1.54, 1.807) is 12.1 Å². The Kier molecular flexibility index (Phi) is 2.79. The third-order valence-corrected chi connectivity index (χ3v) is 2.89. The molecule has 2 rings (SSSR count). The lowest BCUT2D eigenvalue weighted by molar-refractivity contribution is 0.216. The zero-order valence-corrected chi connectivity index (χ0v) is 8.96. The summed E-state index contributed by atoms with van der Waals surface area (Å²) in [5.41, 5.74) is 1.27. The third-order valence-electron chi connectivity index (χ3n) is 2.10. The fraction of sp³-hybridized carbons (Fsp3) is 0.182. The van der Waals surface area contributed by atoms with Crippen LogP contribution in [0.15, 0.2) is 29.6 Å². The predicted octanol–water partition coefficient (Wildman–Crippen LogP) is 2.67. The highest BCUT2D eigenvalue weighted by Crippen LogP contribution is 2.23. The molecule has 0 aliphatic heterocycles. The first-order valence-corrected chi connectivity index (χ1v) is 5.40. The van der Waals surface area contributed by atoms with E-state index in [1.165, 1.54) is 23.5 Å². The molecule has 0 bridgehead atoms. The van der Waals surface area contributed by atoms with Gasteiger partial charge in [-0.1, -0.05) is 12.1 Å². The predicted molar refractivity (Wildman–Crippen MR) is 57.3 cm³/mol. The minimum atomic E-state index is -0.768. The Morgan fingerprint density at radius 3 is 2.53 bits per heavy atom. The van der Waals surface area contributed by atoms with E-state index in [4.69, 9.17) is 0 Å². The maximum Gasteiger partial charge on any atom is 0.123 e. The Balaban J connectivity index is 2.28. The van der Waals surface area contributed by atoms with E-state index >= 15 is 0 Å². The van der Waals surface area contributed by atoms with E-state index in [0.717, 1.165) is 5.01 Å². The van der Waals surface area contributed by atoms with E-state index in [0.29, 0.717) is 11.3 Å².